The monoisotopic (exact) mass is 282 g/mol. The zero-order chi connectivity index (χ0) is 10.7. The molecule has 0 atom stereocenters. The third-order valence-corrected chi connectivity index (χ3v) is 3.31. The number of ether oxygens (including phenoxy) is 1. The summed E-state index contributed by atoms with van der Waals surface area (Å²) in [4.78, 5) is 11.1. The molecule has 0 saturated heterocycles. The Morgan fingerprint density at radius 1 is 1.20 bits per heavy atom. The Morgan fingerprint density at radius 2 is 2.00 bits per heavy atom. The lowest BCUT2D eigenvalue weighted by atomic mass is 10.3. The number of aldehydes is 1. The fourth-order valence-electron chi connectivity index (χ4n) is 1.09. The standard InChI is InChI=1S/C11H7BrO2S/c12-9-3-1-2-4-10(9)14-11-6-5-8(7-13)15-11/h1-7H. The number of hydrogen-bond acceptors (Lipinski definition) is 3. The van der Waals surface area contributed by atoms with Gasteiger partial charge in [-0.25, -0.2) is 0 Å². The van der Waals surface area contributed by atoms with E-state index in [0.717, 1.165) is 16.5 Å². The second kappa shape index (κ2) is 4.59. The van der Waals surface area contributed by atoms with Crippen LogP contribution >= 0.6 is 27.3 Å². The predicted molar refractivity (Wildman–Crippen MR) is 63.9 cm³/mol. The van der Waals surface area contributed by atoms with Gasteiger partial charge in [0, 0.05) is 0 Å². The van der Waals surface area contributed by atoms with Crippen LogP contribution in [0.4, 0.5) is 0 Å². The average Bonchev–Trinajstić information content (AvgIpc) is 2.69. The number of benzene rings is 1. The number of carbonyl (C=O) groups excluding carboxylic acids is 1. The number of para-hydroxylation sites is 1. The van der Waals surface area contributed by atoms with E-state index in [9.17, 15) is 4.79 Å². The van der Waals surface area contributed by atoms with Gasteiger partial charge in [-0.3, -0.25) is 4.79 Å². The van der Waals surface area contributed by atoms with Gasteiger partial charge >= 0.3 is 0 Å². The SMILES string of the molecule is O=Cc1ccc(Oc2ccccc2Br)s1. The van der Waals surface area contributed by atoms with E-state index in [0.29, 0.717) is 9.94 Å². The number of carbonyl (C=O) groups is 1. The molecule has 2 nitrogen and oxygen atoms in total. The van der Waals surface area contributed by atoms with Gasteiger partial charge in [0.2, 0.25) is 0 Å². The molecule has 15 heavy (non-hydrogen) atoms. The van der Waals surface area contributed by atoms with Crippen LogP contribution in [0.5, 0.6) is 10.8 Å². The molecule has 0 unspecified atom stereocenters. The number of halogens is 1. The smallest absolute Gasteiger partial charge is 0.181 e. The minimum Gasteiger partial charge on any atom is -0.445 e. The molecule has 0 N–H and O–H groups in total. The summed E-state index contributed by atoms with van der Waals surface area (Å²) in [7, 11) is 0. The Hall–Kier alpha value is -1.13. The van der Waals surface area contributed by atoms with E-state index >= 15 is 0 Å². The third-order valence-electron chi connectivity index (χ3n) is 1.77. The molecule has 0 bridgehead atoms. The van der Waals surface area contributed by atoms with E-state index in [4.69, 9.17) is 4.74 Å². The van der Waals surface area contributed by atoms with Gasteiger partial charge in [0.25, 0.3) is 0 Å². The molecule has 1 heterocycles. The van der Waals surface area contributed by atoms with Crippen LogP contribution in [-0.4, -0.2) is 6.29 Å². The van der Waals surface area contributed by atoms with Crippen molar-refractivity contribution in [3.8, 4) is 10.8 Å². The Kier molecular flexibility index (Phi) is 3.18. The van der Waals surface area contributed by atoms with Gasteiger partial charge in [-0.15, -0.1) is 0 Å². The van der Waals surface area contributed by atoms with E-state index in [2.05, 4.69) is 15.9 Å². The van der Waals surface area contributed by atoms with Crippen LogP contribution in [0.3, 0.4) is 0 Å². The highest BCUT2D eigenvalue weighted by molar-refractivity contribution is 9.10. The minimum atomic E-state index is 0.664. The molecular formula is C11H7BrO2S. The molecule has 0 spiro atoms. The first-order valence-corrected chi connectivity index (χ1v) is 5.88. The van der Waals surface area contributed by atoms with Crippen molar-refractivity contribution in [2.75, 3.05) is 0 Å². The molecule has 0 fully saturated rings. The molecule has 0 amide bonds. The fraction of sp³-hybridized carbons (Fsp3) is 0. The number of thiophene rings is 1. The van der Waals surface area contributed by atoms with E-state index in [1.54, 1.807) is 12.1 Å². The van der Waals surface area contributed by atoms with Crippen LogP contribution in [0.2, 0.25) is 0 Å². The quantitative estimate of drug-likeness (QED) is 0.792. The van der Waals surface area contributed by atoms with E-state index < -0.39 is 0 Å². The molecule has 0 aliphatic heterocycles. The summed E-state index contributed by atoms with van der Waals surface area (Å²) in [5.74, 6) is 0.747. The van der Waals surface area contributed by atoms with Crippen molar-refractivity contribution in [2.45, 2.75) is 0 Å². The molecule has 0 aliphatic rings. The van der Waals surface area contributed by atoms with Crippen LogP contribution in [0.15, 0.2) is 40.9 Å². The lowest BCUT2D eigenvalue weighted by Crippen LogP contribution is -1.80. The Bertz CT molecular complexity index is 479. The summed E-state index contributed by atoms with van der Waals surface area (Å²) in [5, 5.41) is 0.712. The lowest BCUT2D eigenvalue weighted by molar-refractivity contribution is 0.112. The van der Waals surface area contributed by atoms with E-state index in [1.807, 2.05) is 24.3 Å². The van der Waals surface area contributed by atoms with Crippen molar-refractivity contribution in [1.82, 2.24) is 0 Å². The van der Waals surface area contributed by atoms with Gasteiger partial charge < -0.3 is 4.74 Å². The number of hydrogen-bond donors (Lipinski definition) is 0. The van der Waals surface area contributed by atoms with Gasteiger partial charge in [0.05, 0.1) is 9.35 Å². The van der Waals surface area contributed by atoms with Crippen molar-refractivity contribution in [3.05, 3.63) is 45.7 Å². The van der Waals surface area contributed by atoms with Gasteiger partial charge in [-0.1, -0.05) is 23.5 Å². The zero-order valence-corrected chi connectivity index (χ0v) is 10.0. The predicted octanol–water partition coefficient (Wildman–Crippen LogP) is 4.12. The van der Waals surface area contributed by atoms with Gasteiger partial charge in [0.15, 0.2) is 11.3 Å². The first-order chi connectivity index (χ1) is 7.29. The van der Waals surface area contributed by atoms with Crippen LogP contribution in [0.1, 0.15) is 9.67 Å². The average molecular weight is 283 g/mol. The lowest BCUT2D eigenvalue weighted by Gasteiger charge is -2.03. The highest BCUT2D eigenvalue weighted by Gasteiger charge is 2.04. The normalized spacial score (nSPS) is 9.93. The Balaban J connectivity index is 2.22. The molecule has 2 aromatic rings. The molecule has 0 saturated carbocycles. The summed E-state index contributed by atoms with van der Waals surface area (Å²) in [6, 6.07) is 11.1. The van der Waals surface area contributed by atoms with Gasteiger partial charge in [0.1, 0.15) is 5.75 Å². The van der Waals surface area contributed by atoms with Crippen LogP contribution in [0, 0.1) is 0 Å². The van der Waals surface area contributed by atoms with E-state index in [1.165, 1.54) is 11.3 Å². The molecule has 2 rings (SSSR count). The molecule has 76 valence electrons. The summed E-state index contributed by atoms with van der Waals surface area (Å²) >= 11 is 4.71. The highest BCUT2D eigenvalue weighted by atomic mass is 79.9. The summed E-state index contributed by atoms with van der Waals surface area (Å²) in [6.07, 6.45) is 0.817. The minimum absolute atomic E-state index is 0.664. The third kappa shape index (κ3) is 2.46. The Labute approximate surface area is 99.6 Å². The van der Waals surface area contributed by atoms with Gasteiger partial charge in [-0.2, -0.15) is 0 Å². The molecule has 0 radical (unpaired) electrons. The summed E-state index contributed by atoms with van der Waals surface area (Å²) in [5.41, 5.74) is 0. The molecular weight excluding hydrogens is 276 g/mol. The first-order valence-electron chi connectivity index (χ1n) is 4.27. The van der Waals surface area contributed by atoms with E-state index in [-0.39, 0.29) is 0 Å². The first kappa shape index (κ1) is 10.4. The Morgan fingerprint density at radius 3 is 2.67 bits per heavy atom. The molecule has 1 aromatic carbocycles. The van der Waals surface area contributed by atoms with Crippen LogP contribution in [-0.2, 0) is 0 Å². The van der Waals surface area contributed by atoms with Gasteiger partial charge in [-0.05, 0) is 40.2 Å². The molecule has 1 aromatic heterocycles. The summed E-state index contributed by atoms with van der Waals surface area (Å²) in [6.45, 7) is 0. The number of rotatable bonds is 3. The molecule has 0 aliphatic carbocycles. The maximum atomic E-state index is 10.5. The van der Waals surface area contributed by atoms with Crippen LogP contribution in [0.25, 0.3) is 0 Å². The maximum Gasteiger partial charge on any atom is 0.181 e. The second-order valence-corrected chi connectivity index (χ2v) is 4.74. The second-order valence-electron chi connectivity index (χ2n) is 2.81. The fourth-order valence-corrected chi connectivity index (χ4v) is 2.14. The van der Waals surface area contributed by atoms with Crippen molar-refractivity contribution in [2.24, 2.45) is 0 Å². The molecule has 4 heteroatoms. The highest BCUT2D eigenvalue weighted by Crippen LogP contribution is 2.32. The zero-order valence-electron chi connectivity index (χ0n) is 7.64. The summed E-state index contributed by atoms with van der Waals surface area (Å²) < 4.78 is 6.50. The van der Waals surface area contributed by atoms with Crippen molar-refractivity contribution in [1.29, 1.82) is 0 Å². The van der Waals surface area contributed by atoms with Crippen molar-refractivity contribution in [3.63, 3.8) is 0 Å². The maximum absolute atomic E-state index is 10.5. The van der Waals surface area contributed by atoms with Crippen molar-refractivity contribution >= 4 is 33.6 Å². The van der Waals surface area contributed by atoms with Crippen LogP contribution < -0.4 is 4.74 Å². The van der Waals surface area contributed by atoms with Crippen molar-refractivity contribution < 1.29 is 9.53 Å². The topological polar surface area (TPSA) is 26.3 Å². The largest absolute Gasteiger partial charge is 0.445 e.